The molecule has 0 bridgehead atoms. The Hall–Kier alpha value is -1.03. The summed E-state index contributed by atoms with van der Waals surface area (Å²) in [5, 5.41) is 0. The maximum atomic E-state index is 11.1. The van der Waals surface area contributed by atoms with Gasteiger partial charge in [0.25, 0.3) is 5.91 Å². The molecule has 0 spiro atoms. The average molecular weight is 285 g/mol. The van der Waals surface area contributed by atoms with Crippen LogP contribution in [0.1, 0.15) is 30.6 Å². The van der Waals surface area contributed by atoms with E-state index in [9.17, 15) is 4.79 Å². The molecule has 16 heavy (non-hydrogen) atoms. The van der Waals surface area contributed by atoms with Gasteiger partial charge in [0.2, 0.25) is 0 Å². The number of amides is 1. The Morgan fingerprint density at radius 3 is 2.75 bits per heavy atom. The van der Waals surface area contributed by atoms with E-state index in [2.05, 4.69) is 29.8 Å². The largest absolute Gasteiger partial charge is 0.493 e. The van der Waals surface area contributed by atoms with E-state index in [-0.39, 0.29) is 0 Å². The van der Waals surface area contributed by atoms with Crippen molar-refractivity contribution in [2.45, 2.75) is 20.3 Å². The second-order valence-electron chi connectivity index (χ2n) is 4.00. The van der Waals surface area contributed by atoms with Crippen LogP contribution >= 0.6 is 15.9 Å². The van der Waals surface area contributed by atoms with Gasteiger partial charge >= 0.3 is 0 Å². The van der Waals surface area contributed by atoms with Gasteiger partial charge in [0.15, 0.2) is 0 Å². The standard InChI is InChI=1S/C12H15BrNO2/c1-8(2)5-6-16-11-4-3-9(13)7-10(11)12(14)15/h3-4,7-8,14H,5-6H2,1-2H3. The molecule has 87 valence electrons. The van der Waals surface area contributed by atoms with E-state index < -0.39 is 5.91 Å². The van der Waals surface area contributed by atoms with E-state index in [4.69, 9.17) is 10.5 Å². The molecule has 4 heteroatoms. The molecule has 1 amide bonds. The molecule has 3 nitrogen and oxygen atoms in total. The smallest absolute Gasteiger partial charge is 0.273 e. The summed E-state index contributed by atoms with van der Waals surface area (Å²) in [6.45, 7) is 4.79. The van der Waals surface area contributed by atoms with E-state index >= 15 is 0 Å². The van der Waals surface area contributed by atoms with Gasteiger partial charge in [-0.3, -0.25) is 10.5 Å². The molecule has 0 unspecified atom stereocenters. The van der Waals surface area contributed by atoms with Crippen molar-refractivity contribution < 1.29 is 9.53 Å². The maximum absolute atomic E-state index is 11.1. The molecule has 0 fully saturated rings. The van der Waals surface area contributed by atoms with Crippen molar-refractivity contribution in [1.29, 1.82) is 0 Å². The predicted octanol–water partition coefficient (Wildman–Crippen LogP) is 3.30. The first kappa shape index (κ1) is 13.0. The fourth-order valence-electron chi connectivity index (χ4n) is 1.21. The summed E-state index contributed by atoms with van der Waals surface area (Å²) < 4.78 is 6.28. The number of benzene rings is 1. The van der Waals surface area contributed by atoms with Crippen LogP contribution in [0.25, 0.3) is 0 Å². The van der Waals surface area contributed by atoms with Crippen LogP contribution in [0.15, 0.2) is 22.7 Å². The molecule has 1 rings (SSSR count). The molecule has 0 aliphatic heterocycles. The van der Waals surface area contributed by atoms with Gasteiger partial charge in [0.1, 0.15) is 5.75 Å². The third-order valence-corrected chi connectivity index (χ3v) is 2.63. The van der Waals surface area contributed by atoms with Gasteiger partial charge in [0.05, 0.1) is 12.2 Å². The second kappa shape index (κ2) is 5.89. The summed E-state index contributed by atoms with van der Waals surface area (Å²) in [7, 11) is 0. The van der Waals surface area contributed by atoms with Crippen molar-refractivity contribution in [3.05, 3.63) is 28.2 Å². The predicted molar refractivity (Wildman–Crippen MR) is 66.5 cm³/mol. The molecule has 1 aromatic rings. The minimum Gasteiger partial charge on any atom is -0.493 e. The summed E-state index contributed by atoms with van der Waals surface area (Å²) in [4.78, 5) is 11.1. The Labute approximate surface area is 104 Å². The lowest BCUT2D eigenvalue weighted by Gasteiger charge is -2.10. The number of carbonyl (C=O) groups is 1. The van der Waals surface area contributed by atoms with Crippen LogP contribution in [0, 0.1) is 5.92 Å². The molecular formula is C12H15BrNO2. The molecular weight excluding hydrogens is 270 g/mol. The summed E-state index contributed by atoms with van der Waals surface area (Å²) in [5.74, 6) is 0.329. The van der Waals surface area contributed by atoms with Crippen molar-refractivity contribution in [3.8, 4) is 5.75 Å². The Morgan fingerprint density at radius 2 is 2.19 bits per heavy atom. The third kappa shape index (κ3) is 3.85. The van der Waals surface area contributed by atoms with Gasteiger partial charge < -0.3 is 4.74 Å². The molecule has 0 aliphatic rings. The molecule has 0 atom stereocenters. The first-order chi connectivity index (χ1) is 7.50. The lowest BCUT2D eigenvalue weighted by atomic mass is 10.1. The van der Waals surface area contributed by atoms with Gasteiger partial charge in [-0.15, -0.1) is 0 Å². The molecule has 1 aromatic carbocycles. The first-order valence-corrected chi connectivity index (χ1v) is 5.98. The number of halogens is 1. The quantitative estimate of drug-likeness (QED) is 0.833. The van der Waals surface area contributed by atoms with E-state index in [1.807, 2.05) is 0 Å². The highest BCUT2D eigenvalue weighted by atomic mass is 79.9. The van der Waals surface area contributed by atoms with Crippen molar-refractivity contribution in [1.82, 2.24) is 5.73 Å². The van der Waals surface area contributed by atoms with Crippen LogP contribution in [0.3, 0.4) is 0 Å². The number of rotatable bonds is 5. The van der Waals surface area contributed by atoms with Crippen molar-refractivity contribution >= 4 is 21.8 Å². The maximum Gasteiger partial charge on any atom is 0.273 e. The summed E-state index contributed by atoms with van der Waals surface area (Å²) in [6, 6.07) is 5.13. The van der Waals surface area contributed by atoms with E-state index in [0.717, 1.165) is 10.9 Å². The topological polar surface area (TPSA) is 50.1 Å². The van der Waals surface area contributed by atoms with Crippen LogP contribution in [0.2, 0.25) is 0 Å². The number of nitrogens with one attached hydrogen (secondary N) is 1. The lowest BCUT2D eigenvalue weighted by molar-refractivity contribution is 0.0988. The van der Waals surface area contributed by atoms with Crippen LogP contribution in [0.5, 0.6) is 5.75 Å². The summed E-state index contributed by atoms with van der Waals surface area (Å²) in [6.07, 6.45) is 0.932. The first-order valence-electron chi connectivity index (χ1n) is 5.19. The molecule has 0 heterocycles. The van der Waals surface area contributed by atoms with Gasteiger partial charge in [-0.1, -0.05) is 29.8 Å². The van der Waals surface area contributed by atoms with Gasteiger partial charge in [-0.25, -0.2) is 0 Å². The van der Waals surface area contributed by atoms with E-state index in [1.165, 1.54) is 0 Å². The van der Waals surface area contributed by atoms with E-state index in [1.54, 1.807) is 18.2 Å². The Balaban J connectivity index is 2.75. The number of hydrogen-bond donors (Lipinski definition) is 0. The fraction of sp³-hybridized carbons (Fsp3) is 0.417. The normalized spacial score (nSPS) is 10.5. The number of ether oxygens (including phenoxy) is 1. The van der Waals surface area contributed by atoms with Gasteiger partial charge in [0, 0.05) is 4.47 Å². The zero-order valence-corrected chi connectivity index (χ0v) is 11.0. The average Bonchev–Trinajstić information content (AvgIpc) is 2.19. The fourth-order valence-corrected chi connectivity index (χ4v) is 1.57. The summed E-state index contributed by atoms with van der Waals surface area (Å²) >= 11 is 3.26. The highest BCUT2D eigenvalue weighted by molar-refractivity contribution is 9.10. The molecule has 1 radical (unpaired) electrons. The van der Waals surface area contributed by atoms with E-state index in [0.29, 0.717) is 23.8 Å². The lowest BCUT2D eigenvalue weighted by Crippen LogP contribution is -2.07. The monoisotopic (exact) mass is 284 g/mol. The molecule has 1 N–H and O–H groups in total. The van der Waals surface area contributed by atoms with Crippen LogP contribution in [-0.4, -0.2) is 12.5 Å². The highest BCUT2D eigenvalue weighted by Gasteiger charge is 2.10. The van der Waals surface area contributed by atoms with Crippen molar-refractivity contribution in [2.24, 2.45) is 5.92 Å². The number of carbonyl (C=O) groups excluding carboxylic acids is 1. The Bertz CT molecular complexity index is 377. The zero-order chi connectivity index (χ0) is 12.1. The zero-order valence-electron chi connectivity index (χ0n) is 9.42. The molecule has 0 saturated carbocycles. The Kier molecular flexibility index (Phi) is 4.80. The van der Waals surface area contributed by atoms with Gasteiger partial charge in [-0.05, 0) is 30.5 Å². The van der Waals surface area contributed by atoms with Crippen LogP contribution in [-0.2, 0) is 0 Å². The minimum absolute atomic E-state index is 0.304. The second-order valence-corrected chi connectivity index (χ2v) is 4.92. The summed E-state index contributed by atoms with van der Waals surface area (Å²) in [5.41, 5.74) is 7.44. The Morgan fingerprint density at radius 1 is 1.50 bits per heavy atom. The van der Waals surface area contributed by atoms with Crippen molar-refractivity contribution in [3.63, 3.8) is 0 Å². The molecule has 0 aromatic heterocycles. The SMILES string of the molecule is CC(C)CCOc1ccc(Br)cc1C([NH])=O. The molecule has 0 aliphatic carbocycles. The molecule has 0 saturated heterocycles. The van der Waals surface area contributed by atoms with Crippen molar-refractivity contribution in [2.75, 3.05) is 6.61 Å². The van der Waals surface area contributed by atoms with Crippen LogP contribution < -0.4 is 10.5 Å². The third-order valence-electron chi connectivity index (χ3n) is 2.14. The van der Waals surface area contributed by atoms with Crippen LogP contribution in [0.4, 0.5) is 0 Å². The highest BCUT2D eigenvalue weighted by Crippen LogP contribution is 2.23. The number of hydrogen-bond acceptors (Lipinski definition) is 2. The van der Waals surface area contributed by atoms with Gasteiger partial charge in [-0.2, -0.15) is 0 Å². The minimum atomic E-state index is -0.721.